The van der Waals surface area contributed by atoms with E-state index in [4.69, 9.17) is 5.73 Å². The molecular weight excluding hydrogens is 254 g/mol. The summed E-state index contributed by atoms with van der Waals surface area (Å²) in [6.45, 7) is 1.73. The number of amides is 1. The van der Waals surface area contributed by atoms with Gasteiger partial charge in [0.05, 0.1) is 6.20 Å². The highest BCUT2D eigenvalue weighted by molar-refractivity contribution is 5.93. The largest absolute Gasteiger partial charge is 0.368 e. The van der Waals surface area contributed by atoms with Gasteiger partial charge in [0.15, 0.2) is 0 Å². The number of hydrogen-bond donors (Lipinski definition) is 1. The van der Waals surface area contributed by atoms with E-state index in [0.717, 1.165) is 22.2 Å². The summed E-state index contributed by atoms with van der Waals surface area (Å²) in [7, 11) is 1.96. The molecule has 0 saturated heterocycles. The van der Waals surface area contributed by atoms with Crippen molar-refractivity contribution >= 4 is 16.9 Å². The number of hydrogen-bond acceptors (Lipinski definition) is 3. The van der Waals surface area contributed by atoms with Crippen molar-refractivity contribution in [2.45, 2.75) is 13.0 Å². The third kappa shape index (κ3) is 1.85. The molecule has 3 heterocycles. The van der Waals surface area contributed by atoms with Crippen molar-refractivity contribution < 1.29 is 4.79 Å². The Labute approximate surface area is 115 Å². The van der Waals surface area contributed by atoms with Crippen LogP contribution >= 0.6 is 0 Å². The summed E-state index contributed by atoms with van der Waals surface area (Å²) in [5.41, 5.74) is 8.19. The zero-order valence-corrected chi connectivity index (χ0v) is 11.3. The van der Waals surface area contributed by atoms with Crippen molar-refractivity contribution in [1.82, 2.24) is 19.3 Å². The summed E-state index contributed by atoms with van der Waals surface area (Å²) in [6, 6.07) is 3.50. The first-order chi connectivity index (χ1) is 9.58. The molecule has 0 radical (unpaired) electrons. The van der Waals surface area contributed by atoms with Crippen LogP contribution in [0.4, 0.5) is 0 Å². The monoisotopic (exact) mass is 269 g/mol. The number of pyridine rings is 1. The van der Waals surface area contributed by atoms with Crippen LogP contribution in [0.1, 0.15) is 13.0 Å². The maximum absolute atomic E-state index is 11.2. The summed E-state index contributed by atoms with van der Waals surface area (Å²) in [5.74, 6) is -0.403. The molecule has 0 aromatic carbocycles. The molecular formula is C14H15N5O. The summed E-state index contributed by atoms with van der Waals surface area (Å²) < 4.78 is 3.54. The van der Waals surface area contributed by atoms with Gasteiger partial charge in [0, 0.05) is 36.6 Å². The van der Waals surface area contributed by atoms with Crippen LogP contribution < -0.4 is 5.73 Å². The SMILES string of the molecule is C[C@@H](C(N)=O)n1cc(-c2ccnc3c2ccn3C)cn1. The molecule has 1 atom stereocenters. The van der Waals surface area contributed by atoms with Crippen molar-refractivity contribution in [1.29, 1.82) is 0 Å². The number of nitrogens with zero attached hydrogens (tertiary/aromatic N) is 4. The molecule has 3 aromatic rings. The van der Waals surface area contributed by atoms with E-state index in [1.54, 1.807) is 24.0 Å². The van der Waals surface area contributed by atoms with Crippen molar-refractivity contribution in [3.05, 3.63) is 36.9 Å². The molecule has 0 aliphatic carbocycles. The van der Waals surface area contributed by atoms with Gasteiger partial charge in [0.25, 0.3) is 0 Å². The van der Waals surface area contributed by atoms with E-state index in [1.165, 1.54) is 0 Å². The lowest BCUT2D eigenvalue weighted by molar-refractivity contribution is -0.120. The molecule has 0 saturated carbocycles. The van der Waals surface area contributed by atoms with E-state index in [2.05, 4.69) is 10.1 Å². The first-order valence-corrected chi connectivity index (χ1v) is 6.32. The predicted octanol–water partition coefficient (Wildman–Crippen LogP) is 1.48. The van der Waals surface area contributed by atoms with Crippen LogP contribution in [0.5, 0.6) is 0 Å². The quantitative estimate of drug-likeness (QED) is 0.782. The second-order valence-electron chi connectivity index (χ2n) is 4.81. The fraction of sp³-hybridized carbons (Fsp3) is 0.214. The van der Waals surface area contributed by atoms with Crippen LogP contribution in [0.25, 0.3) is 22.2 Å². The van der Waals surface area contributed by atoms with Gasteiger partial charge in [0.2, 0.25) is 5.91 Å². The van der Waals surface area contributed by atoms with Gasteiger partial charge in [-0.3, -0.25) is 9.48 Å². The smallest absolute Gasteiger partial charge is 0.241 e. The molecule has 0 aliphatic rings. The van der Waals surface area contributed by atoms with Crippen molar-refractivity contribution in [2.75, 3.05) is 0 Å². The second-order valence-corrected chi connectivity index (χ2v) is 4.81. The van der Waals surface area contributed by atoms with Gasteiger partial charge in [0.1, 0.15) is 11.7 Å². The third-order valence-corrected chi connectivity index (χ3v) is 3.49. The van der Waals surface area contributed by atoms with Gasteiger partial charge in [-0.2, -0.15) is 5.10 Å². The fourth-order valence-electron chi connectivity index (χ4n) is 2.24. The van der Waals surface area contributed by atoms with Gasteiger partial charge in [-0.15, -0.1) is 0 Å². The minimum Gasteiger partial charge on any atom is -0.368 e. The average molecular weight is 269 g/mol. The summed E-state index contributed by atoms with van der Waals surface area (Å²) in [5, 5.41) is 5.27. The van der Waals surface area contributed by atoms with Crippen molar-refractivity contribution in [3.63, 3.8) is 0 Å². The van der Waals surface area contributed by atoms with E-state index in [1.807, 2.05) is 36.1 Å². The summed E-state index contributed by atoms with van der Waals surface area (Å²) >= 11 is 0. The lowest BCUT2D eigenvalue weighted by atomic mass is 10.1. The standard InChI is InChI=1S/C14H15N5O/c1-9(13(15)20)19-8-10(7-17-19)11-3-5-16-14-12(11)4-6-18(14)2/h3-9H,1-2H3,(H2,15,20)/t9-/m0/s1. The number of fused-ring (bicyclic) bond motifs is 1. The second kappa shape index (κ2) is 4.48. The maximum Gasteiger partial charge on any atom is 0.241 e. The lowest BCUT2D eigenvalue weighted by Gasteiger charge is -2.06. The van der Waals surface area contributed by atoms with E-state index in [0.29, 0.717) is 0 Å². The Kier molecular flexibility index (Phi) is 2.78. The molecule has 0 fully saturated rings. The maximum atomic E-state index is 11.2. The Morgan fingerprint density at radius 3 is 2.95 bits per heavy atom. The first-order valence-electron chi connectivity index (χ1n) is 6.32. The highest BCUT2D eigenvalue weighted by Gasteiger charge is 2.14. The highest BCUT2D eigenvalue weighted by Crippen LogP contribution is 2.27. The van der Waals surface area contributed by atoms with Crippen LogP contribution in [-0.2, 0) is 11.8 Å². The van der Waals surface area contributed by atoms with Gasteiger partial charge < -0.3 is 10.3 Å². The van der Waals surface area contributed by atoms with Gasteiger partial charge >= 0.3 is 0 Å². The molecule has 6 heteroatoms. The third-order valence-electron chi connectivity index (χ3n) is 3.49. The minimum atomic E-state index is -0.461. The Hall–Kier alpha value is -2.63. The molecule has 1 amide bonds. The average Bonchev–Trinajstić information content (AvgIpc) is 3.05. The molecule has 3 rings (SSSR count). The van der Waals surface area contributed by atoms with Gasteiger partial charge in [-0.25, -0.2) is 4.98 Å². The molecule has 102 valence electrons. The van der Waals surface area contributed by atoms with Crippen LogP contribution in [0.15, 0.2) is 36.9 Å². The van der Waals surface area contributed by atoms with E-state index in [9.17, 15) is 4.79 Å². The molecule has 3 aromatic heterocycles. The van der Waals surface area contributed by atoms with Gasteiger partial charge in [-0.05, 0) is 24.6 Å². The Balaban J connectivity index is 2.10. The number of carbonyl (C=O) groups excluding carboxylic acids is 1. The van der Waals surface area contributed by atoms with Crippen molar-refractivity contribution in [3.8, 4) is 11.1 Å². The van der Waals surface area contributed by atoms with Gasteiger partial charge in [-0.1, -0.05) is 0 Å². The number of aromatic nitrogens is 4. The van der Waals surface area contributed by atoms with Crippen LogP contribution in [-0.4, -0.2) is 25.2 Å². The Bertz CT molecular complexity index is 786. The molecule has 0 aliphatic heterocycles. The number of rotatable bonds is 3. The molecule has 2 N–H and O–H groups in total. The number of carbonyl (C=O) groups is 1. The van der Waals surface area contributed by atoms with E-state index in [-0.39, 0.29) is 0 Å². The lowest BCUT2D eigenvalue weighted by Crippen LogP contribution is -2.24. The molecule has 0 bridgehead atoms. The predicted molar refractivity (Wildman–Crippen MR) is 75.8 cm³/mol. The zero-order chi connectivity index (χ0) is 14.3. The molecule has 20 heavy (non-hydrogen) atoms. The number of nitrogens with two attached hydrogens (primary N) is 1. The highest BCUT2D eigenvalue weighted by atomic mass is 16.1. The number of aryl methyl sites for hydroxylation is 1. The fourth-order valence-corrected chi connectivity index (χ4v) is 2.24. The molecule has 6 nitrogen and oxygen atoms in total. The Morgan fingerprint density at radius 2 is 2.20 bits per heavy atom. The topological polar surface area (TPSA) is 78.7 Å². The zero-order valence-electron chi connectivity index (χ0n) is 11.3. The summed E-state index contributed by atoms with van der Waals surface area (Å²) in [4.78, 5) is 15.6. The molecule has 0 unspecified atom stereocenters. The number of primary amides is 1. The van der Waals surface area contributed by atoms with E-state index >= 15 is 0 Å². The van der Waals surface area contributed by atoms with Crippen LogP contribution in [0.2, 0.25) is 0 Å². The molecule has 0 spiro atoms. The first kappa shape index (κ1) is 12.4. The van der Waals surface area contributed by atoms with Crippen molar-refractivity contribution in [2.24, 2.45) is 12.8 Å². The van der Waals surface area contributed by atoms with Crippen LogP contribution in [0.3, 0.4) is 0 Å². The normalized spacial score (nSPS) is 12.7. The van der Waals surface area contributed by atoms with E-state index < -0.39 is 11.9 Å². The Morgan fingerprint density at radius 1 is 1.40 bits per heavy atom. The minimum absolute atomic E-state index is 0.403. The summed E-state index contributed by atoms with van der Waals surface area (Å²) in [6.07, 6.45) is 7.31. The van der Waals surface area contributed by atoms with Crippen LogP contribution in [0, 0.1) is 0 Å².